The molecule has 0 aliphatic rings. The molecule has 5 N–H and O–H groups in total. The second-order valence-corrected chi connectivity index (χ2v) is 7.34. The second kappa shape index (κ2) is 11.0. The monoisotopic (exact) mass is 523 g/mol. The molecule has 0 bridgehead atoms. The fraction of sp³-hybridized carbons (Fsp3) is 0.136. The van der Waals surface area contributed by atoms with E-state index in [-0.39, 0.29) is 34.0 Å². The molecule has 2 aromatic heterocycles. The smallest absolute Gasteiger partial charge is 0.434 e. The third kappa shape index (κ3) is 6.05. The predicted molar refractivity (Wildman–Crippen MR) is 126 cm³/mol. The quantitative estimate of drug-likeness (QED) is 0.231. The molecule has 3 rings (SSSR count). The van der Waals surface area contributed by atoms with Crippen molar-refractivity contribution in [1.29, 1.82) is 0 Å². The summed E-state index contributed by atoms with van der Waals surface area (Å²) in [6.07, 6.45) is -1.91. The summed E-state index contributed by atoms with van der Waals surface area (Å²) >= 11 is 5.91. The lowest BCUT2D eigenvalue weighted by atomic mass is 10.1. The minimum Gasteiger partial charge on any atom is -0.434 e. The van der Waals surface area contributed by atoms with E-state index in [1.54, 1.807) is 19.1 Å². The second-order valence-electron chi connectivity index (χ2n) is 6.96. The number of rotatable bonds is 7. The highest BCUT2D eigenvalue weighted by molar-refractivity contribution is 6.34. The van der Waals surface area contributed by atoms with E-state index in [0.29, 0.717) is 18.2 Å². The van der Waals surface area contributed by atoms with E-state index >= 15 is 0 Å². The minimum absolute atomic E-state index is 0.0917. The Bertz CT molecular complexity index is 1350. The number of nitrogens with two attached hydrogens (primary N) is 2. The number of nitrogen functional groups attached to an aromatic ring is 1. The minimum atomic E-state index is -5.05. The molecule has 0 unspecified atom stereocenters. The summed E-state index contributed by atoms with van der Waals surface area (Å²) in [4.78, 5) is 27.5. The Morgan fingerprint density at radius 1 is 1.25 bits per heavy atom. The molecule has 0 fully saturated rings. The van der Waals surface area contributed by atoms with Crippen molar-refractivity contribution in [2.45, 2.75) is 19.5 Å². The summed E-state index contributed by atoms with van der Waals surface area (Å²) < 4.78 is 61.3. The van der Waals surface area contributed by atoms with Crippen LogP contribution >= 0.6 is 11.6 Å². The van der Waals surface area contributed by atoms with E-state index in [4.69, 9.17) is 27.8 Å². The van der Waals surface area contributed by atoms with Crippen LogP contribution < -0.4 is 21.5 Å². The lowest BCUT2D eigenvalue weighted by Gasteiger charge is -2.15. The molecule has 1 aromatic carbocycles. The van der Waals surface area contributed by atoms with Gasteiger partial charge in [-0.15, -0.1) is 0 Å². The first-order valence-corrected chi connectivity index (χ1v) is 10.5. The molecule has 0 atom stereocenters. The molecular weight excluding hydrogens is 506 g/mol. The first-order valence-electron chi connectivity index (χ1n) is 10.1. The van der Waals surface area contributed by atoms with Gasteiger partial charge in [0.2, 0.25) is 5.88 Å². The molecule has 9 nitrogen and oxygen atoms in total. The van der Waals surface area contributed by atoms with Crippen molar-refractivity contribution in [2.24, 2.45) is 10.7 Å². The summed E-state index contributed by atoms with van der Waals surface area (Å²) in [6, 6.07) is 6.21. The van der Waals surface area contributed by atoms with Crippen LogP contribution in [0.15, 0.2) is 59.6 Å². The third-order valence-electron chi connectivity index (χ3n) is 4.58. The van der Waals surface area contributed by atoms with Gasteiger partial charge in [0, 0.05) is 24.2 Å². The molecule has 36 heavy (non-hydrogen) atoms. The fourth-order valence-electron chi connectivity index (χ4n) is 2.85. The van der Waals surface area contributed by atoms with Crippen LogP contribution in [0.2, 0.25) is 5.02 Å². The van der Waals surface area contributed by atoms with Gasteiger partial charge < -0.3 is 21.5 Å². The highest BCUT2D eigenvalue weighted by Crippen LogP contribution is 2.32. The van der Waals surface area contributed by atoms with Crippen molar-refractivity contribution in [1.82, 2.24) is 15.0 Å². The van der Waals surface area contributed by atoms with Crippen LogP contribution in [0.25, 0.3) is 0 Å². The molecule has 0 aliphatic heterocycles. The van der Waals surface area contributed by atoms with Crippen molar-refractivity contribution in [3.63, 3.8) is 0 Å². The molecule has 0 saturated heterocycles. The number of benzene rings is 1. The van der Waals surface area contributed by atoms with Crippen LogP contribution in [0, 0.1) is 5.82 Å². The van der Waals surface area contributed by atoms with Gasteiger partial charge in [-0.1, -0.05) is 24.6 Å². The number of carbonyl (C=O) groups is 1. The van der Waals surface area contributed by atoms with Crippen molar-refractivity contribution < 1.29 is 27.1 Å². The van der Waals surface area contributed by atoms with E-state index in [0.717, 1.165) is 18.5 Å². The zero-order valence-electron chi connectivity index (χ0n) is 18.5. The van der Waals surface area contributed by atoms with E-state index in [1.807, 2.05) is 0 Å². The number of aromatic nitrogens is 3. The number of carbonyl (C=O) groups excluding carboxylic acids is 1. The van der Waals surface area contributed by atoms with Gasteiger partial charge in [-0.05, 0) is 30.2 Å². The number of pyridine rings is 1. The number of alkyl halides is 3. The maximum Gasteiger partial charge on any atom is 0.434 e. The van der Waals surface area contributed by atoms with Gasteiger partial charge in [-0.3, -0.25) is 4.79 Å². The maximum atomic E-state index is 14.6. The largest absolute Gasteiger partial charge is 0.434 e. The topological polar surface area (TPSA) is 141 Å². The molecule has 0 saturated carbocycles. The number of hydrogen-bond acceptors (Lipinski definition) is 8. The van der Waals surface area contributed by atoms with Gasteiger partial charge >= 0.3 is 6.18 Å². The number of ether oxygens (including phenoxy) is 1. The molecular formula is C22H18ClF4N7O2. The average Bonchev–Trinajstić information content (AvgIpc) is 2.83. The molecule has 0 radical (unpaired) electrons. The molecule has 0 aliphatic carbocycles. The number of halogens is 5. The van der Waals surface area contributed by atoms with Gasteiger partial charge in [0.05, 0.1) is 5.57 Å². The Labute approximate surface area is 206 Å². The Hall–Kier alpha value is -4.26. The van der Waals surface area contributed by atoms with Gasteiger partial charge in [0.1, 0.15) is 17.2 Å². The Morgan fingerprint density at radius 2 is 2.00 bits per heavy atom. The van der Waals surface area contributed by atoms with E-state index in [2.05, 4.69) is 25.3 Å². The lowest BCUT2D eigenvalue weighted by Crippen LogP contribution is -2.32. The number of nitrogens with one attached hydrogen (secondary N) is 1. The zero-order chi connectivity index (χ0) is 26.5. The van der Waals surface area contributed by atoms with Crippen LogP contribution in [0.1, 0.15) is 12.5 Å². The average molecular weight is 524 g/mol. The maximum absolute atomic E-state index is 14.6. The first kappa shape index (κ1) is 26.3. The number of anilines is 2. The summed E-state index contributed by atoms with van der Waals surface area (Å²) in [6.45, 7) is 1.71. The molecule has 0 spiro atoms. The fourth-order valence-corrected chi connectivity index (χ4v) is 2.99. The van der Waals surface area contributed by atoms with Gasteiger partial charge in [-0.25, -0.2) is 19.4 Å². The standard InChI is InChI=1S/C22H18ClF4N7O2/c1-2-11-4-3-7-30-19(11)34-17(22(25,26)27)13(9-28)20(35)33-12-5-6-15(14(24)8-12)36-21-16(23)18(29)31-10-32-21/h3-10H,2,28H2,1H3,(H,33,35)(H2,29,31,32). The van der Waals surface area contributed by atoms with E-state index in [1.165, 1.54) is 12.3 Å². The first-order chi connectivity index (χ1) is 17.0. The highest BCUT2D eigenvalue weighted by atomic mass is 35.5. The number of nitrogens with zero attached hydrogens (tertiary/aromatic N) is 4. The van der Waals surface area contributed by atoms with Gasteiger partial charge in [0.25, 0.3) is 5.91 Å². The molecule has 3 aromatic rings. The van der Waals surface area contributed by atoms with E-state index in [9.17, 15) is 22.4 Å². The van der Waals surface area contributed by atoms with Crippen molar-refractivity contribution in [2.75, 3.05) is 11.1 Å². The van der Waals surface area contributed by atoms with Gasteiger partial charge in [0.15, 0.2) is 23.1 Å². The Kier molecular flexibility index (Phi) is 8.04. The zero-order valence-corrected chi connectivity index (χ0v) is 19.2. The molecule has 2 heterocycles. The van der Waals surface area contributed by atoms with Crippen LogP contribution in [-0.2, 0) is 11.2 Å². The third-order valence-corrected chi connectivity index (χ3v) is 4.94. The molecule has 1 amide bonds. The Morgan fingerprint density at radius 3 is 2.64 bits per heavy atom. The van der Waals surface area contributed by atoms with Crippen LogP contribution in [0.3, 0.4) is 0 Å². The summed E-state index contributed by atoms with van der Waals surface area (Å²) in [5, 5.41) is 2.01. The van der Waals surface area contributed by atoms with Crippen LogP contribution in [-0.4, -0.2) is 32.7 Å². The summed E-state index contributed by atoms with van der Waals surface area (Å²) in [5.74, 6) is -3.13. The van der Waals surface area contributed by atoms with E-state index < -0.39 is 29.2 Å². The molecule has 188 valence electrons. The number of aliphatic imine (C=N–C) groups is 1. The van der Waals surface area contributed by atoms with Crippen LogP contribution in [0.5, 0.6) is 11.6 Å². The van der Waals surface area contributed by atoms with Crippen molar-refractivity contribution in [3.05, 3.63) is 71.0 Å². The number of hydrogen-bond donors (Lipinski definition) is 3. The number of amides is 1. The summed E-state index contributed by atoms with van der Waals surface area (Å²) in [7, 11) is 0. The van der Waals surface area contributed by atoms with Gasteiger partial charge in [-0.2, -0.15) is 18.2 Å². The predicted octanol–water partition coefficient (Wildman–Crippen LogP) is 4.72. The SMILES string of the molecule is CCc1cccnc1N=C(C(=CN)C(=O)Nc1ccc(Oc2ncnc(N)c2Cl)c(F)c1)C(F)(F)F. The summed E-state index contributed by atoms with van der Waals surface area (Å²) in [5.41, 5.74) is 8.59. The normalized spacial score (nSPS) is 12.4. The highest BCUT2D eigenvalue weighted by Gasteiger charge is 2.41. The lowest BCUT2D eigenvalue weighted by molar-refractivity contribution is -0.113. The molecule has 14 heteroatoms. The van der Waals surface area contributed by atoms with Crippen molar-refractivity contribution >= 4 is 40.5 Å². The van der Waals surface area contributed by atoms with Crippen LogP contribution in [0.4, 0.5) is 34.9 Å². The Balaban J connectivity index is 1.87. The number of aryl methyl sites for hydroxylation is 1. The van der Waals surface area contributed by atoms with Crippen molar-refractivity contribution in [3.8, 4) is 11.6 Å².